The summed E-state index contributed by atoms with van der Waals surface area (Å²) in [5, 5.41) is 0. The molecule has 0 aromatic rings. The van der Waals surface area contributed by atoms with E-state index in [4.69, 9.17) is 11.4 Å². The molecule has 0 aliphatic heterocycles. The number of hydrogen-bond donors (Lipinski definition) is 0. The van der Waals surface area contributed by atoms with Crippen LogP contribution in [0.4, 0.5) is 0 Å². The lowest BCUT2D eigenvalue weighted by molar-refractivity contribution is -0.148. The molecule has 2 unspecified atom stereocenters. The van der Waals surface area contributed by atoms with Crippen molar-refractivity contribution in [1.29, 1.82) is 0 Å². The van der Waals surface area contributed by atoms with Crippen LogP contribution in [0.25, 0.3) is 0 Å². The number of rotatable bonds is 15. The molecule has 0 aliphatic carbocycles. The van der Waals surface area contributed by atoms with Gasteiger partial charge in [0.05, 0.1) is 11.8 Å². The zero-order chi connectivity index (χ0) is 19.1. The molecule has 0 N–H and O–H groups in total. The maximum absolute atomic E-state index is 12.4. The molecule has 0 saturated carbocycles. The molecule has 0 aromatic heterocycles. The second-order valence-corrected chi connectivity index (χ2v) is 7.91. The largest absolute Gasteiger partial charge is 1.10 e. The third kappa shape index (κ3) is 10.9. The molecule has 0 radical (unpaired) electrons. The predicted molar refractivity (Wildman–Crippen MR) is 101 cm³/mol. The molecule has 0 amide bonds. The molecule has 0 spiro atoms. The van der Waals surface area contributed by atoms with Crippen molar-refractivity contribution in [2.24, 2.45) is 11.8 Å². The van der Waals surface area contributed by atoms with Crippen LogP contribution in [0.15, 0.2) is 0 Å². The lowest BCUT2D eigenvalue weighted by Gasteiger charge is -2.20. The average molecular weight is 372 g/mol. The molecular weight excluding hydrogens is 335 g/mol. The normalized spacial score (nSPS) is 13.2. The predicted octanol–water partition coefficient (Wildman–Crippen LogP) is 4.92. The fourth-order valence-electron chi connectivity index (χ4n) is 2.57. The van der Waals surface area contributed by atoms with Gasteiger partial charge in [0.25, 0.3) is 11.9 Å². The minimum absolute atomic E-state index is 0.138. The smallest absolute Gasteiger partial charge is 0.561 e. The fourth-order valence-corrected chi connectivity index (χ4v) is 3.94. The van der Waals surface area contributed by atoms with Crippen LogP contribution >= 0.6 is 0 Å². The van der Waals surface area contributed by atoms with Gasteiger partial charge in [0.2, 0.25) is 0 Å². The summed E-state index contributed by atoms with van der Waals surface area (Å²) in [6.45, 7) is 10.6. The Balaban J connectivity index is 4.75. The van der Waals surface area contributed by atoms with Crippen LogP contribution in [0.3, 0.4) is 0 Å². The van der Waals surface area contributed by atoms with Crippen molar-refractivity contribution < 1.29 is 21.0 Å². The fraction of sp³-hybridized carbons (Fsp3) is 0.895. The molecular formula is C19H37AlO5. The first-order valence-corrected chi connectivity index (χ1v) is 11.5. The second kappa shape index (κ2) is 15.7. The van der Waals surface area contributed by atoms with Crippen LogP contribution in [-0.2, 0) is 21.0 Å². The van der Waals surface area contributed by atoms with E-state index in [1.165, 1.54) is 0 Å². The maximum Gasteiger partial charge on any atom is 1.10 e. The highest BCUT2D eigenvalue weighted by atomic mass is 27.3. The molecule has 0 saturated heterocycles. The molecule has 25 heavy (non-hydrogen) atoms. The molecule has 0 aromatic carbocycles. The first-order valence-electron chi connectivity index (χ1n) is 10.1. The van der Waals surface area contributed by atoms with Crippen molar-refractivity contribution in [3.63, 3.8) is 0 Å². The average Bonchev–Trinajstić information content (AvgIpc) is 2.60. The highest BCUT2D eigenvalue weighted by molar-refractivity contribution is 6.41. The number of hydrogen-bond acceptors (Lipinski definition) is 5. The van der Waals surface area contributed by atoms with Crippen molar-refractivity contribution in [2.75, 3.05) is 6.61 Å². The minimum atomic E-state index is -2.77. The highest BCUT2D eigenvalue weighted by Crippen LogP contribution is 2.18. The SMILES string of the molecule is CCCCC(CC)C(=O)[O][Al]([O]CCC)[O]C(=O)C(CC)CCCC. The molecule has 6 heteroatoms. The maximum atomic E-state index is 12.4. The monoisotopic (exact) mass is 372 g/mol. The first kappa shape index (κ1) is 24.4. The molecule has 2 atom stereocenters. The Morgan fingerprint density at radius 2 is 1.20 bits per heavy atom. The van der Waals surface area contributed by atoms with E-state index in [-0.39, 0.29) is 23.8 Å². The Kier molecular flexibility index (Phi) is 15.3. The van der Waals surface area contributed by atoms with Gasteiger partial charge in [-0.1, -0.05) is 60.3 Å². The summed E-state index contributed by atoms with van der Waals surface area (Å²) in [6.07, 6.45) is 7.94. The molecule has 0 heterocycles. The molecule has 0 fully saturated rings. The Labute approximate surface area is 159 Å². The van der Waals surface area contributed by atoms with Gasteiger partial charge in [-0.2, -0.15) is 0 Å². The summed E-state index contributed by atoms with van der Waals surface area (Å²) < 4.78 is 16.6. The summed E-state index contributed by atoms with van der Waals surface area (Å²) in [5.74, 6) is -0.835. The van der Waals surface area contributed by atoms with E-state index < -0.39 is 15.1 Å². The quantitative estimate of drug-likeness (QED) is 0.382. The third-order valence-electron chi connectivity index (χ3n) is 4.35. The van der Waals surface area contributed by atoms with Gasteiger partial charge in [-0.15, -0.1) is 0 Å². The van der Waals surface area contributed by atoms with Gasteiger partial charge in [-0.3, -0.25) is 9.59 Å². The molecule has 0 aliphatic rings. The van der Waals surface area contributed by atoms with Gasteiger partial charge < -0.3 is 11.4 Å². The lowest BCUT2D eigenvalue weighted by atomic mass is 10.00. The van der Waals surface area contributed by atoms with E-state index >= 15 is 0 Å². The van der Waals surface area contributed by atoms with Gasteiger partial charge >= 0.3 is 15.1 Å². The minimum Gasteiger partial charge on any atom is -0.561 e. The van der Waals surface area contributed by atoms with Crippen molar-refractivity contribution >= 4 is 27.1 Å². The summed E-state index contributed by atoms with van der Waals surface area (Å²) in [4.78, 5) is 24.8. The van der Waals surface area contributed by atoms with Crippen LogP contribution in [0.5, 0.6) is 0 Å². The van der Waals surface area contributed by atoms with E-state index in [1.54, 1.807) is 0 Å². The first-order chi connectivity index (χ1) is 12.0. The Hall–Kier alpha value is -0.568. The molecule has 146 valence electrons. The van der Waals surface area contributed by atoms with Crippen molar-refractivity contribution in [3.8, 4) is 0 Å². The summed E-state index contributed by atoms with van der Waals surface area (Å²) >= 11 is -2.77. The van der Waals surface area contributed by atoms with Crippen LogP contribution in [0.2, 0.25) is 0 Å². The van der Waals surface area contributed by atoms with Crippen LogP contribution in [0.1, 0.15) is 92.4 Å². The number of carbonyl (C=O) groups is 2. The van der Waals surface area contributed by atoms with Gasteiger partial charge in [-0.25, -0.2) is 0 Å². The van der Waals surface area contributed by atoms with E-state index in [9.17, 15) is 9.59 Å². The Morgan fingerprint density at radius 3 is 1.52 bits per heavy atom. The summed E-state index contributed by atoms with van der Waals surface area (Å²) in [6, 6.07) is 0. The number of unbranched alkanes of at least 4 members (excludes halogenated alkanes) is 2. The zero-order valence-electron chi connectivity index (χ0n) is 16.8. The van der Waals surface area contributed by atoms with Crippen LogP contribution < -0.4 is 0 Å². The van der Waals surface area contributed by atoms with Gasteiger partial charge in [0.1, 0.15) is 0 Å². The summed E-state index contributed by atoms with van der Waals surface area (Å²) in [7, 11) is 0. The van der Waals surface area contributed by atoms with Crippen LogP contribution in [-0.4, -0.2) is 33.7 Å². The second-order valence-electron chi connectivity index (χ2n) is 6.53. The van der Waals surface area contributed by atoms with E-state index in [0.29, 0.717) is 6.61 Å². The standard InChI is InChI=1S/2C8H16O2.C3H7O.Al/c2*1-3-5-6-7(4-2)8(9)10;1-2-3-4;/h2*7H,3-6H2,1-2H3,(H,9,10);2-3H2,1H3;/q;;-1;+3/p-2. The number of carbonyl (C=O) groups excluding carboxylic acids is 2. The zero-order valence-corrected chi connectivity index (χ0v) is 18.0. The molecule has 0 rings (SSSR count). The molecule has 5 nitrogen and oxygen atoms in total. The van der Waals surface area contributed by atoms with E-state index in [2.05, 4.69) is 13.8 Å². The molecule has 0 bridgehead atoms. The summed E-state index contributed by atoms with van der Waals surface area (Å²) in [5.41, 5.74) is 0. The highest BCUT2D eigenvalue weighted by Gasteiger charge is 2.44. The van der Waals surface area contributed by atoms with Crippen molar-refractivity contribution in [3.05, 3.63) is 0 Å². The third-order valence-corrected chi connectivity index (χ3v) is 5.70. The van der Waals surface area contributed by atoms with Crippen molar-refractivity contribution in [2.45, 2.75) is 92.4 Å². The van der Waals surface area contributed by atoms with Gasteiger partial charge in [-0.05, 0) is 32.1 Å². The lowest BCUT2D eigenvalue weighted by Crippen LogP contribution is -2.37. The topological polar surface area (TPSA) is 61.8 Å². The Bertz CT molecular complexity index is 332. The van der Waals surface area contributed by atoms with Gasteiger partial charge in [0.15, 0.2) is 0 Å². The van der Waals surface area contributed by atoms with Crippen molar-refractivity contribution in [1.82, 2.24) is 0 Å². The van der Waals surface area contributed by atoms with Gasteiger partial charge in [0, 0.05) is 6.61 Å². The van der Waals surface area contributed by atoms with E-state index in [1.807, 2.05) is 20.8 Å². The van der Waals surface area contributed by atoms with Crippen LogP contribution in [0, 0.1) is 11.8 Å². The van der Waals surface area contributed by atoms with E-state index in [0.717, 1.165) is 57.8 Å². The Morgan fingerprint density at radius 1 is 0.760 bits per heavy atom.